The third-order valence-corrected chi connectivity index (χ3v) is 3.88. The van der Waals surface area contributed by atoms with Crippen molar-refractivity contribution in [3.63, 3.8) is 0 Å². The van der Waals surface area contributed by atoms with Crippen molar-refractivity contribution in [3.8, 4) is 11.5 Å². The Morgan fingerprint density at radius 2 is 1.82 bits per heavy atom. The van der Waals surface area contributed by atoms with Crippen molar-refractivity contribution in [2.24, 2.45) is 10.7 Å². The lowest BCUT2D eigenvalue weighted by molar-refractivity contribution is 0.393. The number of hydrogen-bond acceptors (Lipinski definition) is 4. The molecule has 0 spiro atoms. The van der Waals surface area contributed by atoms with Crippen molar-refractivity contribution < 1.29 is 9.47 Å². The van der Waals surface area contributed by atoms with Gasteiger partial charge in [-0.2, -0.15) is 0 Å². The summed E-state index contributed by atoms with van der Waals surface area (Å²) >= 11 is 0. The van der Waals surface area contributed by atoms with Crippen molar-refractivity contribution in [3.05, 3.63) is 18.2 Å². The molecule has 1 aromatic rings. The summed E-state index contributed by atoms with van der Waals surface area (Å²) in [5.41, 5.74) is 6.96. The number of anilines is 1. The minimum atomic E-state index is 0.388. The van der Waals surface area contributed by atoms with Crippen LogP contribution in [0.2, 0.25) is 0 Å². The number of ether oxygens (including phenoxy) is 2. The van der Waals surface area contributed by atoms with Gasteiger partial charge in [0.05, 0.1) is 14.2 Å². The molecule has 0 radical (unpaired) electrons. The van der Waals surface area contributed by atoms with Gasteiger partial charge in [-0.05, 0) is 19.8 Å². The molecule has 3 N–H and O–H groups in total. The van der Waals surface area contributed by atoms with E-state index in [1.165, 1.54) is 0 Å². The Bertz CT molecular complexity index is 489. The van der Waals surface area contributed by atoms with Gasteiger partial charge in [-0.25, -0.2) is 0 Å². The molecule has 1 saturated heterocycles. The van der Waals surface area contributed by atoms with Crippen LogP contribution in [0, 0.1) is 0 Å². The molecule has 6 heteroatoms. The molecule has 0 aliphatic carbocycles. The van der Waals surface area contributed by atoms with Crippen LogP contribution in [-0.4, -0.2) is 45.9 Å². The van der Waals surface area contributed by atoms with Gasteiger partial charge in [0.15, 0.2) is 5.96 Å². The molecule has 0 amide bonds. The highest BCUT2D eigenvalue weighted by atomic mass is 16.5. The Morgan fingerprint density at radius 1 is 1.23 bits per heavy atom. The zero-order chi connectivity index (χ0) is 15.9. The lowest BCUT2D eigenvalue weighted by Gasteiger charge is -2.34. The Labute approximate surface area is 132 Å². The van der Waals surface area contributed by atoms with Gasteiger partial charge in [0.2, 0.25) is 0 Å². The van der Waals surface area contributed by atoms with E-state index in [1.54, 1.807) is 14.2 Å². The molecule has 1 aliphatic heterocycles. The van der Waals surface area contributed by atoms with Crippen LogP contribution in [-0.2, 0) is 0 Å². The number of methoxy groups -OCH3 is 2. The maximum Gasteiger partial charge on any atom is 0.188 e. The van der Waals surface area contributed by atoms with Crippen molar-refractivity contribution in [2.75, 3.05) is 38.8 Å². The monoisotopic (exact) mass is 306 g/mol. The van der Waals surface area contributed by atoms with E-state index in [0.717, 1.165) is 43.1 Å². The number of hydrogen-bond donors (Lipinski definition) is 2. The van der Waals surface area contributed by atoms with Gasteiger partial charge in [0, 0.05) is 49.6 Å². The van der Waals surface area contributed by atoms with Gasteiger partial charge in [0.25, 0.3) is 0 Å². The average molecular weight is 306 g/mol. The summed E-state index contributed by atoms with van der Waals surface area (Å²) in [7, 11) is 3.34. The van der Waals surface area contributed by atoms with E-state index in [9.17, 15) is 0 Å². The maximum absolute atomic E-state index is 5.83. The second kappa shape index (κ2) is 7.77. The van der Waals surface area contributed by atoms with Crippen molar-refractivity contribution >= 4 is 11.6 Å². The fourth-order valence-electron chi connectivity index (χ4n) is 2.68. The van der Waals surface area contributed by atoms with Gasteiger partial charge < -0.3 is 25.4 Å². The highest BCUT2D eigenvalue weighted by Crippen LogP contribution is 2.30. The van der Waals surface area contributed by atoms with E-state index in [1.807, 2.05) is 25.1 Å². The number of piperidine rings is 1. The van der Waals surface area contributed by atoms with Crippen LogP contribution in [0.25, 0.3) is 0 Å². The van der Waals surface area contributed by atoms with Crippen LogP contribution >= 0.6 is 0 Å². The number of rotatable bonds is 5. The second-order valence-electron chi connectivity index (χ2n) is 5.34. The number of aliphatic imine (C=N–C) groups is 1. The summed E-state index contributed by atoms with van der Waals surface area (Å²) < 4.78 is 10.7. The molecule has 1 fully saturated rings. The van der Waals surface area contributed by atoms with Gasteiger partial charge in [-0.15, -0.1) is 0 Å². The zero-order valence-corrected chi connectivity index (χ0v) is 13.6. The lowest BCUT2D eigenvalue weighted by Crippen LogP contribution is -2.47. The lowest BCUT2D eigenvalue weighted by atomic mass is 10.0. The third-order valence-electron chi connectivity index (χ3n) is 3.88. The van der Waals surface area contributed by atoms with Crippen molar-refractivity contribution in [1.82, 2.24) is 5.32 Å². The zero-order valence-electron chi connectivity index (χ0n) is 13.6. The quantitative estimate of drug-likeness (QED) is 0.638. The number of nitrogens with zero attached hydrogens (tertiary/aromatic N) is 2. The van der Waals surface area contributed by atoms with Gasteiger partial charge in [-0.1, -0.05) is 0 Å². The van der Waals surface area contributed by atoms with E-state index >= 15 is 0 Å². The van der Waals surface area contributed by atoms with E-state index in [2.05, 4.69) is 15.2 Å². The van der Waals surface area contributed by atoms with Crippen molar-refractivity contribution in [1.29, 1.82) is 0 Å². The smallest absolute Gasteiger partial charge is 0.188 e. The number of nitrogens with one attached hydrogen (secondary N) is 1. The number of guanidine groups is 1. The summed E-state index contributed by atoms with van der Waals surface area (Å²) in [4.78, 5) is 6.52. The SMILES string of the molecule is CCN=C(N)NC1CCN(c2cc(OC)cc(OC)c2)CC1. The molecule has 2 rings (SSSR count). The molecular formula is C16H26N4O2. The first kappa shape index (κ1) is 16.3. The second-order valence-corrected chi connectivity index (χ2v) is 5.34. The summed E-state index contributed by atoms with van der Waals surface area (Å²) in [6.07, 6.45) is 2.05. The van der Waals surface area contributed by atoms with Crippen LogP contribution in [0.3, 0.4) is 0 Å². The standard InChI is InChI=1S/C16H26N4O2/c1-4-18-16(17)19-12-5-7-20(8-6-12)13-9-14(21-2)11-15(10-13)22-3/h9-12H,4-8H2,1-3H3,(H3,17,18,19). The minimum absolute atomic E-state index is 0.388. The highest BCUT2D eigenvalue weighted by Gasteiger charge is 2.20. The molecule has 0 unspecified atom stereocenters. The summed E-state index contributed by atoms with van der Waals surface area (Å²) in [5.74, 6) is 2.17. The fourth-order valence-corrected chi connectivity index (χ4v) is 2.68. The molecule has 1 heterocycles. The van der Waals surface area contributed by atoms with Gasteiger partial charge in [-0.3, -0.25) is 4.99 Å². The Balaban J connectivity index is 1.98. The molecule has 1 aliphatic rings. The van der Waals surface area contributed by atoms with Crippen LogP contribution in [0.15, 0.2) is 23.2 Å². The largest absolute Gasteiger partial charge is 0.497 e. The first-order valence-electron chi connectivity index (χ1n) is 7.70. The van der Waals surface area contributed by atoms with E-state index in [0.29, 0.717) is 18.5 Å². The minimum Gasteiger partial charge on any atom is -0.497 e. The molecule has 1 aromatic carbocycles. The molecule has 0 bridgehead atoms. The normalized spacial score (nSPS) is 16.5. The van der Waals surface area contributed by atoms with Crippen LogP contribution in [0.5, 0.6) is 11.5 Å². The summed E-state index contributed by atoms with van der Waals surface area (Å²) in [5, 5.41) is 3.29. The topological polar surface area (TPSA) is 72.1 Å². The van der Waals surface area contributed by atoms with Crippen molar-refractivity contribution in [2.45, 2.75) is 25.8 Å². The van der Waals surface area contributed by atoms with Crippen LogP contribution < -0.4 is 25.4 Å². The molecule has 122 valence electrons. The molecule has 0 atom stereocenters. The number of nitrogens with two attached hydrogens (primary N) is 1. The molecule has 0 saturated carbocycles. The molecular weight excluding hydrogens is 280 g/mol. The summed E-state index contributed by atoms with van der Waals surface area (Å²) in [6, 6.07) is 6.37. The first-order chi connectivity index (χ1) is 10.7. The van der Waals surface area contributed by atoms with E-state index in [-0.39, 0.29) is 0 Å². The summed E-state index contributed by atoms with van der Waals surface area (Å²) in [6.45, 7) is 4.62. The van der Waals surface area contributed by atoms with Crippen LogP contribution in [0.4, 0.5) is 5.69 Å². The Morgan fingerprint density at radius 3 is 2.32 bits per heavy atom. The molecule has 22 heavy (non-hydrogen) atoms. The molecule has 6 nitrogen and oxygen atoms in total. The van der Waals surface area contributed by atoms with Gasteiger partial charge >= 0.3 is 0 Å². The maximum atomic E-state index is 5.83. The first-order valence-corrected chi connectivity index (χ1v) is 7.70. The highest BCUT2D eigenvalue weighted by molar-refractivity contribution is 5.78. The van der Waals surface area contributed by atoms with E-state index < -0.39 is 0 Å². The molecule has 0 aromatic heterocycles. The predicted molar refractivity (Wildman–Crippen MR) is 90.1 cm³/mol. The third kappa shape index (κ3) is 4.19. The fraction of sp³-hybridized carbons (Fsp3) is 0.562. The number of benzene rings is 1. The van der Waals surface area contributed by atoms with E-state index in [4.69, 9.17) is 15.2 Å². The van der Waals surface area contributed by atoms with Gasteiger partial charge in [0.1, 0.15) is 11.5 Å². The van der Waals surface area contributed by atoms with Crippen LogP contribution in [0.1, 0.15) is 19.8 Å². The Hall–Kier alpha value is -2.11. The predicted octanol–water partition coefficient (Wildman–Crippen LogP) is 1.60. The Kier molecular flexibility index (Phi) is 5.75. The average Bonchev–Trinajstić information content (AvgIpc) is 2.55.